The van der Waals surface area contributed by atoms with Crippen molar-refractivity contribution in [3.63, 3.8) is 0 Å². The van der Waals surface area contributed by atoms with Crippen molar-refractivity contribution in [1.29, 1.82) is 0 Å². The Morgan fingerprint density at radius 1 is 0.600 bits per heavy atom. The van der Waals surface area contributed by atoms with E-state index in [4.69, 9.17) is 28.0 Å². The van der Waals surface area contributed by atoms with E-state index in [0.29, 0.717) is 0 Å². The zero-order valence-electron chi connectivity index (χ0n) is 4.21. The second-order valence-electron chi connectivity index (χ2n) is 0.378. The van der Waals surface area contributed by atoms with Gasteiger partial charge in [0.05, 0.1) is 21.6 Å². The average Bonchev–Trinajstić information content (AvgIpc) is 1.25. The molecule has 0 spiro atoms. The van der Waals surface area contributed by atoms with Gasteiger partial charge in [-0.2, -0.15) is 0 Å². The van der Waals surface area contributed by atoms with Crippen molar-refractivity contribution >= 4 is 27.3 Å². The molecule has 10 heteroatoms. The van der Waals surface area contributed by atoms with E-state index in [-0.39, 0.29) is 32.8 Å². The zero-order chi connectivity index (χ0) is 7.15. The van der Waals surface area contributed by atoms with Gasteiger partial charge in [-0.3, -0.25) is 0 Å². The van der Waals surface area contributed by atoms with Crippen molar-refractivity contribution < 1.29 is 55.0 Å². The van der Waals surface area contributed by atoms with Gasteiger partial charge in [-0.25, -0.2) is 0 Å². The van der Waals surface area contributed by atoms with Gasteiger partial charge >= 0.3 is 27.3 Å². The molecule has 2 N–H and O–H groups in total. The van der Waals surface area contributed by atoms with Crippen LogP contribution < -0.4 is 28.0 Å². The summed E-state index contributed by atoms with van der Waals surface area (Å²) in [7, 11) is -5.70. The van der Waals surface area contributed by atoms with Gasteiger partial charge in [-0.15, -0.1) is 0 Å². The molecular formula is H2Cl2O7Pb. The van der Waals surface area contributed by atoms with Crippen LogP contribution in [0.3, 0.4) is 0 Å². The summed E-state index contributed by atoms with van der Waals surface area (Å²) in [5.74, 6) is 0. The van der Waals surface area contributed by atoms with E-state index in [0.717, 1.165) is 0 Å². The van der Waals surface area contributed by atoms with Crippen LogP contribution in [0.5, 0.6) is 0 Å². The van der Waals surface area contributed by atoms with E-state index >= 15 is 0 Å². The molecule has 0 bridgehead atoms. The summed E-state index contributed by atoms with van der Waals surface area (Å²) in [6.07, 6.45) is 0. The fourth-order valence-corrected chi connectivity index (χ4v) is 0. The number of hydrogen-bond donors (Lipinski definition) is 0. The second kappa shape index (κ2) is 16.7. The van der Waals surface area contributed by atoms with Gasteiger partial charge in [-0.05, 0) is 0 Å². The van der Waals surface area contributed by atoms with E-state index < -0.39 is 21.6 Å². The molecule has 0 aromatic rings. The largest absolute Gasteiger partial charge is 2.00 e. The third-order valence-corrected chi connectivity index (χ3v) is 0. The van der Waals surface area contributed by atoms with Gasteiger partial charge in [0.25, 0.3) is 0 Å². The van der Waals surface area contributed by atoms with Gasteiger partial charge < -0.3 is 33.4 Å². The predicted molar refractivity (Wildman–Crippen MR) is 9.37 cm³/mol. The Bertz CT molecular complexity index is 27.1. The van der Waals surface area contributed by atoms with Crippen LogP contribution in [-0.4, -0.2) is 32.8 Å². The van der Waals surface area contributed by atoms with E-state index in [1.165, 1.54) is 0 Å². The second-order valence-corrected chi connectivity index (χ2v) is 1.13. The molecule has 0 unspecified atom stereocenters. The van der Waals surface area contributed by atoms with Crippen LogP contribution in [0, 0.1) is 21.6 Å². The minimum atomic E-state index is -2.85. The standard InChI is InChI=1S/2ClO3.H2O.Pb/c2*2-1(3)4;;/h;;1H2;/q2*-1;;+2. The van der Waals surface area contributed by atoms with Gasteiger partial charge in [0.1, 0.15) is 0 Å². The minimum Gasteiger partial charge on any atom is -0.412 e. The summed E-state index contributed by atoms with van der Waals surface area (Å²) >= 11 is 0. The SMILES string of the molecule is O.[O-][Cl+2]([O-])[O-].[O-][Cl+2]([O-])[O-].[Pb+2]. The summed E-state index contributed by atoms with van der Waals surface area (Å²) in [6, 6.07) is 0. The number of halogens is 2. The van der Waals surface area contributed by atoms with Gasteiger partial charge in [0.15, 0.2) is 0 Å². The molecule has 0 saturated heterocycles. The first-order chi connectivity index (χ1) is 3.46. The smallest absolute Gasteiger partial charge is 0.412 e. The van der Waals surface area contributed by atoms with Crippen molar-refractivity contribution in [2.75, 3.05) is 0 Å². The van der Waals surface area contributed by atoms with Crippen LogP contribution in [0.1, 0.15) is 0 Å². The van der Waals surface area contributed by atoms with Crippen molar-refractivity contribution in [2.24, 2.45) is 0 Å². The van der Waals surface area contributed by atoms with Crippen molar-refractivity contribution in [1.82, 2.24) is 0 Å². The molecule has 0 aliphatic rings. The Morgan fingerprint density at radius 2 is 0.600 bits per heavy atom. The average molecular weight is 392 g/mol. The Hall–Kier alpha value is 1.22. The number of rotatable bonds is 0. The summed E-state index contributed by atoms with van der Waals surface area (Å²) in [5.41, 5.74) is 0. The molecule has 0 aliphatic carbocycles. The molecular weight excluding hydrogens is 390 g/mol. The molecule has 7 nitrogen and oxygen atoms in total. The molecule has 0 aliphatic heterocycles. The fraction of sp³-hybridized carbons (Fsp3) is 0. The van der Waals surface area contributed by atoms with Crippen molar-refractivity contribution in [3.8, 4) is 0 Å². The first-order valence-corrected chi connectivity index (χ1v) is 2.78. The Labute approximate surface area is 82.2 Å². The first-order valence-electron chi connectivity index (χ1n) is 0.926. The minimum absolute atomic E-state index is 0. The molecule has 62 valence electrons. The molecule has 0 heterocycles. The molecule has 2 radical (unpaired) electrons. The molecule has 0 rings (SSSR count). The molecule has 0 saturated carbocycles. The van der Waals surface area contributed by atoms with E-state index in [9.17, 15) is 0 Å². The Morgan fingerprint density at radius 3 is 0.600 bits per heavy atom. The monoisotopic (exact) mass is 392 g/mol. The van der Waals surface area contributed by atoms with Crippen LogP contribution in [0.4, 0.5) is 0 Å². The van der Waals surface area contributed by atoms with Crippen LogP contribution in [-0.2, 0) is 0 Å². The zero-order valence-corrected chi connectivity index (χ0v) is 9.60. The Balaban J connectivity index is -0.0000000300. The predicted octanol–water partition coefficient (Wildman–Crippen LogP) is -8.34. The normalized spacial score (nSPS) is 7.20. The van der Waals surface area contributed by atoms with Crippen LogP contribution >= 0.6 is 0 Å². The molecule has 0 atom stereocenters. The third-order valence-electron chi connectivity index (χ3n) is 0. The van der Waals surface area contributed by atoms with Crippen LogP contribution in [0.2, 0.25) is 0 Å². The van der Waals surface area contributed by atoms with Gasteiger partial charge in [0.2, 0.25) is 0 Å². The van der Waals surface area contributed by atoms with E-state index in [1.54, 1.807) is 0 Å². The molecule has 0 aromatic heterocycles. The van der Waals surface area contributed by atoms with E-state index in [1.807, 2.05) is 0 Å². The van der Waals surface area contributed by atoms with Crippen LogP contribution in [0.25, 0.3) is 0 Å². The van der Waals surface area contributed by atoms with Crippen molar-refractivity contribution in [3.05, 3.63) is 0 Å². The molecule has 0 amide bonds. The molecule has 10 heavy (non-hydrogen) atoms. The van der Waals surface area contributed by atoms with Gasteiger partial charge in [-0.1, -0.05) is 0 Å². The molecule has 0 fully saturated rings. The maximum absolute atomic E-state index is 8.41. The summed E-state index contributed by atoms with van der Waals surface area (Å²) in [4.78, 5) is 0. The topological polar surface area (TPSA) is 170 Å². The molecule has 0 aromatic carbocycles. The summed E-state index contributed by atoms with van der Waals surface area (Å²) in [5, 5.41) is 0. The maximum atomic E-state index is 8.41. The van der Waals surface area contributed by atoms with Crippen molar-refractivity contribution in [2.45, 2.75) is 0 Å². The summed E-state index contributed by atoms with van der Waals surface area (Å²) in [6.45, 7) is 0. The number of hydrogen-bond acceptors (Lipinski definition) is 6. The Kier molecular flexibility index (Phi) is 37.5. The summed E-state index contributed by atoms with van der Waals surface area (Å²) < 4.78 is 50.4. The van der Waals surface area contributed by atoms with Crippen LogP contribution in [0.15, 0.2) is 0 Å². The fourth-order valence-electron chi connectivity index (χ4n) is 0. The third kappa shape index (κ3) is 417. The van der Waals surface area contributed by atoms with Gasteiger partial charge in [0, 0.05) is 0 Å². The van der Waals surface area contributed by atoms with E-state index in [2.05, 4.69) is 0 Å². The maximum Gasteiger partial charge on any atom is 2.00 e. The quantitative estimate of drug-likeness (QED) is 0.371. The first kappa shape index (κ1) is 22.5.